The number of alkyl halides is 1. The molecule has 1 saturated carbocycles. The minimum atomic E-state index is -1.75. The summed E-state index contributed by atoms with van der Waals surface area (Å²) < 4.78 is 47.3. The molecular weight excluding hydrogens is 513 g/mol. The minimum absolute atomic E-state index is 0.0527. The number of likely N-dealkylation sites (N-methyl/N-ethyl adjacent to an activating group) is 1. The van der Waals surface area contributed by atoms with E-state index in [2.05, 4.69) is 20.7 Å². The highest BCUT2D eigenvalue weighted by Gasteiger charge is 2.43. The SMILES string of the molecule is CNCC(CC1CCC(F)CC1)NC(=O)N1CCCC(C(O)(CCCNC(=O)OC)c2cccc(F)c2F)C1. The Morgan fingerprint density at radius 3 is 2.64 bits per heavy atom. The van der Waals surface area contributed by atoms with Gasteiger partial charge in [0, 0.05) is 43.7 Å². The number of piperidine rings is 1. The molecule has 3 unspecified atom stereocenters. The van der Waals surface area contributed by atoms with Crippen molar-refractivity contribution in [1.29, 1.82) is 0 Å². The van der Waals surface area contributed by atoms with Crippen LogP contribution in [0.4, 0.5) is 22.8 Å². The van der Waals surface area contributed by atoms with Crippen LogP contribution >= 0.6 is 0 Å². The molecule has 1 heterocycles. The first-order valence-electron chi connectivity index (χ1n) is 14.0. The maximum Gasteiger partial charge on any atom is 0.406 e. The molecule has 3 amide bonds. The lowest BCUT2D eigenvalue weighted by atomic mass is 9.74. The van der Waals surface area contributed by atoms with Gasteiger partial charge in [-0.3, -0.25) is 0 Å². The topological polar surface area (TPSA) is 103 Å². The molecule has 39 heavy (non-hydrogen) atoms. The Balaban J connectivity index is 1.71. The number of rotatable bonds is 11. The molecule has 0 bridgehead atoms. The molecule has 4 N–H and O–H groups in total. The smallest absolute Gasteiger partial charge is 0.406 e. The van der Waals surface area contributed by atoms with Crippen LogP contribution in [0.3, 0.4) is 0 Å². The van der Waals surface area contributed by atoms with Crippen LogP contribution in [0, 0.1) is 23.5 Å². The number of nitrogens with zero attached hydrogens (tertiary/aromatic N) is 1. The lowest BCUT2D eigenvalue weighted by Gasteiger charge is -2.43. The van der Waals surface area contributed by atoms with Crippen molar-refractivity contribution >= 4 is 12.1 Å². The summed E-state index contributed by atoms with van der Waals surface area (Å²) >= 11 is 0. The summed E-state index contributed by atoms with van der Waals surface area (Å²) in [4.78, 5) is 26.4. The normalized spacial score (nSPS) is 23.9. The van der Waals surface area contributed by atoms with E-state index in [1.54, 1.807) is 4.90 Å². The standard InChI is InChI=1S/C28H43F3N4O4/c1-32-17-22(16-19-9-11-21(29)12-10-19)34-26(36)35-15-4-6-20(18-35)28(38,13-5-14-33-27(37)39-2)23-7-3-8-24(30)25(23)31/h3,7-8,19-22,32,38H,4-6,9-18H2,1-2H3,(H,33,37)(H,34,36). The fourth-order valence-electron chi connectivity index (χ4n) is 6.03. The summed E-state index contributed by atoms with van der Waals surface area (Å²) in [6.07, 6.45) is 3.58. The van der Waals surface area contributed by atoms with Gasteiger partial charge < -0.3 is 30.7 Å². The van der Waals surface area contributed by atoms with E-state index in [0.717, 1.165) is 25.3 Å². The van der Waals surface area contributed by atoms with Gasteiger partial charge in [-0.2, -0.15) is 0 Å². The highest BCUT2D eigenvalue weighted by atomic mass is 19.2. The molecule has 0 radical (unpaired) electrons. The first kappa shape index (κ1) is 31.0. The van der Waals surface area contributed by atoms with E-state index in [-0.39, 0.29) is 43.6 Å². The molecule has 2 fully saturated rings. The van der Waals surface area contributed by atoms with Crippen molar-refractivity contribution in [3.05, 3.63) is 35.4 Å². The molecule has 8 nitrogen and oxygen atoms in total. The number of methoxy groups -OCH3 is 1. The predicted octanol–water partition coefficient (Wildman–Crippen LogP) is 4.22. The first-order valence-corrected chi connectivity index (χ1v) is 14.0. The largest absolute Gasteiger partial charge is 0.453 e. The zero-order valence-electron chi connectivity index (χ0n) is 23.0. The number of amides is 3. The first-order chi connectivity index (χ1) is 18.7. The van der Waals surface area contributed by atoms with Crippen LogP contribution in [0.1, 0.15) is 63.4 Å². The van der Waals surface area contributed by atoms with E-state index < -0.39 is 35.4 Å². The number of benzene rings is 1. The Kier molecular flexibility index (Phi) is 11.7. The van der Waals surface area contributed by atoms with Gasteiger partial charge in [0.25, 0.3) is 0 Å². The summed E-state index contributed by atoms with van der Waals surface area (Å²) in [5, 5.41) is 20.7. The molecule has 0 aromatic heterocycles. The number of nitrogens with one attached hydrogen (secondary N) is 3. The van der Waals surface area contributed by atoms with Crippen molar-refractivity contribution < 1.29 is 32.6 Å². The number of ether oxygens (including phenoxy) is 1. The zero-order valence-corrected chi connectivity index (χ0v) is 23.0. The molecule has 1 aromatic carbocycles. The van der Waals surface area contributed by atoms with Crippen LogP contribution in [0.15, 0.2) is 18.2 Å². The zero-order chi connectivity index (χ0) is 28.4. The molecule has 11 heteroatoms. The second kappa shape index (κ2) is 14.7. The van der Waals surface area contributed by atoms with Gasteiger partial charge in [0.05, 0.1) is 12.7 Å². The van der Waals surface area contributed by atoms with Crippen LogP contribution in [0.5, 0.6) is 0 Å². The maximum atomic E-state index is 15.0. The van der Waals surface area contributed by atoms with Crippen LogP contribution < -0.4 is 16.0 Å². The molecule has 220 valence electrons. The van der Waals surface area contributed by atoms with Crippen LogP contribution in [0.25, 0.3) is 0 Å². The molecule has 3 rings (SSSR count). The van der Waals surface area contributed by atoms with Crippen LogP contribution in [-0.4, -0.2) is 74.7 Å². The highest BCUT2D eigenvalue weighted by Crippen LogP contribution is 2.41. The van der Waals surface area contributed by atoms with Crippen molar-refractivity contribution in [2.75, 3.05) is 40.3 Å². The van der Waals surface area contributed by atoms with Crippen molar-refractivity contribution in [3.63, 3.8) is 0 Å². The Morgan fingerprint density at radius 2 is 1.95 bits per heavy atom. The third-order valence-electron chi connectivity index (χ3n) is 8.16. The number of halogens is 3. The molecule has 1 aliphatic carbocycles. The molecule has 2 aliphatic rings. The lowest BCUT2D eigenvalue weighted by molar-refractivity contribution is -0.0580. The average Bonchev–Trinajstić information content (AvgIpc) is 2.93. The van der Waals surface area contributed by atoms with Gasteiger partial charge in [0.15, 0.2) is 11.6 Å². The third kappa shape index (κ3) is 8.48. The monoisotopic (exact) mass is 556 g/mol. The van der Waals surface area contributed by atoms with Crippen molar-refractivity contribution in [3.8, 4) is 0 Å². The van der Waals surface area contributed by atoms with E-state index >= 15 is 0 Å². The number of carbonyl (C=O) groups excluding carboxylic acids is 2. The van der Waals surface area contributed by atoms with E-state index in [1.165, 1.54) is 19.2 Å². The second-order valence-corrected chi connectivity index (χ2v) is 10.9. The van der Waals surface area contributed by atoms with Crippen LogP contribution in [-0.2, 0) is 10.3 Å². The quantitative estimate of drug-likeness (QED) is 0.306. The van der Waals surface area contributed by atoms with Gasteiger partial charge in [-0.1, -0.05) is 12.1 Å². The summed E-state index contributed by atoms with van der Waals surface area (Å²) in [6.45, 7) is 1.40. The van der Waals surface area contributed by atoms with E-state index in [4.69, 9.17) is 0 Å². The Morgan fingerprint density at radius 1 is 1.21 bits per heavy atom. The summed E-state index contributed by atoms with van der Waals surface area (Å²) in [5.41, 5.74) is -1.90. The molecular formula is C28H43F3N4O4. The number of likely N-dealkylation sites (tertiary alicyclic amines) is 1. The summed E-state index contributed by atoms with van der Waals surface area (Å²) in [5.74, 6) is -2.36. The van der Waals surface area contributed by atoms with E-state index in [9.17, 15) is 27.9 Å². The van der Waals surface area contributed by atoms with E-state index in [0.29, 0.717) is 44.7 Å². The number of aliphatic hydroxyl groups is 1. The number of hydrogen-bond donors (Lipinski definition) is 4. The van der Waals surface area contributed by atoms with Gasteiger partial charge in [-0.05, 0) is 76.8 Å². The third-order valence-corrected chi connectivity index (χ3v) is 8.16. The van der Waals surface area contributed by atoms with E-state index in [1.807, 2.05) is 7.05 Å². The van der Waals surface area contributed by atoms with Crippen molar-refractivity contribution in [2.24, 2.45) is 11.8 Å². The van der Waals surface area contributed by atoms with Gasteiger partial charge in [0.1, 0.15) is 6.17 Å². The van der Waals surface area contributed by atoms with Crippen molar-refractivity contribution in [1.82, 2.24) is 20.9 Å². The summed E-state index contributed by atoms with van der Waals surface area (Å²) in [6, 6.07) is 3.33. The fraction of sp³-hybridized carbons (Fsp3) is 0.714. The molecule has 3 atom stereocenters. The van der Waals surface area contributed by atoms with Gasteiger partial charge in [-0.25, -0.2) is 22.8 Å². The Bertz CT molecular complexity index is 947. The van der Waals surface area contributed by atoms with Crippen molar-refractivity contribution in [2.45, 2.75) is 75.6 Å². The van der Waals surface area contributed by atoms with Crippen LogP contribution in [0.2, 0.25) is 0 Å². The minimum Gasteiger partial charge on any atom is -0.453 e. The number of hydrogen-bond acceptors (Lipinski definition) is 5. The van der Waals surface area contributed by atoms with Gasteiger partial charge >= 0.3 is 12.1 Å². The Labute approximate surface area is 229 Å². The lowest BCUT2D eigenvalue weighted by Crippen LogP contribution is -2.54. The second-order valence-electron chi connectivity index (χ2n) is 10.9. The predicted molar refractivity (Wildman–Crippen MR) is 142 cm³/mol. The molecule has 0 spiro atoms. The number of carbonyl (C=O) groups is 2. The van der Waals surface area contributed by atoms with Gasteiger partial charge in [0.2, 0.25) is 0 Å². The highest BCUT2D eigenvalue weighted by molar-refractivity contribution is 5.74. The molecule has 1 saturated heterocycles. The average molecular weight is 557 g/mol. The number of urea groups is 1. The Hall–Kier alpha value is -2.53. The van der Waals surface area contributed by atoms with Gasteiger partial charge in [-0.15, -0.1) is 0 Å². The molecule has 1 aromatic rings. The molecule has 1 aliphatic heterocycles. The maximum absolute atomic E-state index is 15.0. The summed E-state index contributed by atoms with van der Waals surface area (Å²) in [7, 11) is 3.06. The number of alkyl carbamates (subject to hydrolysis) is 1. The fourth-order valence-corrected chi connectivity index (χ4v) is 6.03.